The highest BCUT2D eigenvalue weighted by Gasteiger charge is 2.27. The lowest BCUT2D eigenvalue weighted by Crippen LogP contribution is -2.40. The zero-order valence-corrected chi connectivity index (χ0v) is 11.4. The normalized spacial score (nSPS) is 19.4. The molecule has 18 heavy (non-hydrogen) atoms. The van der Waals surface area contributed by atoms with Crippen LogP contribution in [0.3, 0.4) is 0 Å². The molecule has 1 aromatic rings. The number of amides is 1. The lowest BCUT2D eigenvalue weighted by molar-refractivity contribution is -0.132. The summed E-state index contributed by atoms with van der Waals surface area (Å²) < 4.78 is 1.66. The standard InChI is InChI=1S/C12H19N3O2S/c1-9-8-18-12(17)14(9)6-4-11(16)15-5-2-3-10(15)7-13/h8,10H,2-7,13H2,1H3. The molecule has 2 heterocycles. The second-order valence-electron chi connectivity index (χ2n) is 4.66. The lowest BCUT2D eigenvalue weighted by atomic mass is 10.2. The first-order valence-electron chi connectivity index (χ1n) is 6.28. The number of nitrogens with zero attached hydrogens (tertiary/aromatic N) is 2. The largest absolute Gasteiger partial charge is 0.338 e. The van der Waals surface area contributed by atoms with Gasteiger partial charge in [0, 0.05) is 43.2 Å². The molecule has 2 rings (SSSR count). The first kappa shape index (κ1) is 13.3. The highest BCUT2D eigenvalue weighted by molar-refractivity contribution is 7.07. The number of aryl methyl sites for hydroxylation is 1. The van der Waals surface area contributed by atoms with Crippen LogP contribution >= 0.6 is 11.3 Å². The zero-order chi connectivity index (χ0) is 13.1. The van der Waals surface area contributed by atoms with E-state index in [-0.39, 0.29) is 16.8 Å². The predicted molar refractivity (Wildman–Crippen MR) is 71.7 cm³/mol. The molecule has 1 aliphatic rings. The van der Waals surface area contributed by atoms with Crippen LogP contribution in [0.5, 0.6) is 0 Å². The van der Waals surface area contributed by atoms with Crippen LogP contribution in [0.4, 0.5) is 0 Å². The Morgan fingerprint density at radius 2 is 2.39 bits per heavy atom. The molecule has 0 bridgehead atoms. The van der Waals surface area contributed by atoms with Crippen molar-refractivity contribution in [3.8, 4) is 0 Å². The van der Waals surface area contributed by atoms with E-state index in [9.17, 15) is 9.59 Å². The first-order chi connectivity index (χ1) is 8.63. The summed E-state index contributed by atoms with van der Waals surface area (Å²) in [4.78, 5) is 25.5. The molecule has 6 heteroatoms. The van der Waals surface area contributed by atoms with E-state index in [4.69, 9.17) is 5.73 Å². The van der Waals surface area contributed by atoms with Gasteiger partial charge in [0.05, 0.1) is 0 Å². The Labute approximate surface area is 110 Å². The van der Waals surface area contributed by atoms with E-state index < -0.39 is 0 Å². The Hall–Kier alpha value is -1.14. The van der Waals surface area contributed by atoms with Gasteiger partial charge in [0.2, 0.25) is 5.91 Å². The zero-order valence-electron chi connectivity index (χ0n) is 10.6. The van der Waals surface area contributed by atoms with Gasteiger partial charge < -0.3 is 15.2 Å². The van der Waals surface area contributed by atoms with Crippen molar-refractivity contribution in [3.63, 3.8) is 0 Å². The summed E-state index contributed by atoms with van der Waals surface area (Å²) in [6.45, 7) is 3.70. The quantitative estimate of drug-likeness (QED) is 0.868. The molecule has 0 spiro atoms. The molecular weight excluding hydrogens is 250 g/mol. The molecule has 1 aromatic heterocycles. The Bertz CT molecular complexity index is 480. The van der Waals surface area contributed by atoms with Gasteiger partial charge >= 0.3 is 4.87 Å². The van der Waals surface area contributed by atoms with Gasteiger partial charge in [-0.2, -0.15) is 0 Å². The maximum Gasteiger partial charge on any atom is 0.307 e. The minimum Gasteiger partial charge on any atom is -0.338 e. The number of carbonyl (C=O) groups excluding carboxylic acids is 1. The van der Waals surface area contributed by atoms with Gasteiger partial charge in [-0.15, -0.1) is 0 Å². The molecule has 0 aliphatic carbocycles. The molecule has 5 nitrogen and oxygen atoms in total. The first-order valence-corrected chi connectivity index (χ1v) is 7.16. The number of nitrogens with two attached hydrogens (primary N) is 1. The average Bonchev–Trinajstić information content (AvgIpc) is 2.94. The maximum absolute atomic E-state index is 12.1. The predicted octanol–water partition coefficient (Wildman–Crippen LogP) is 0.558. The Kier molecular flexibility index (Phi) is 4.19. The SMILES string of the molecule is Cc1csc(=O)n1CCC(=O)N1CCCC1CN. The van der Waals surface area contributed by atoms with Gasteiger partial charge in [-0.05, 0) is 19.8 Å². The van der Waals surface area contributed by atoms with Gasteiger partial charge in [-0.1, -0.05) is 11.3 Å². The van der Waals surface area contributed by atoms with Gasteiger partial charge in [-0.25, -0.2) is 0 Å². The van der Waals surface area contributed by atoms with Crippen molar-refractivity contribution in [2.24, 2.45) is 5.73 Å². The summed E-state index contributed by atoms with van der Waals surface area (Å²) >= 11 is 1.18. The van der Waals surface area contributed by atoms with Crippen molar-refractivity contribution in [2.75, 3.05) is 13.1 Å². The molecule has 1 atom stereocenters. The number of hydrogen-bond acceptors (Lipinski definition) is 4. The van der Waals surface area contributed by atoms with Crippen LogP contribution in [-0.4, -0.2) is 34.5 Å². The van der Waals surface area contributed by atoms with Crippen LogP contribution < -0.4 is 10.6 Å². The van der Waals surface area contributed by atoms with Gasteiger partial charge in [0.1, 0.15) is 0 Å². The Balaban J connectivity index is 1.94. The van der Waals surface area contributed by atoms with Crippen molar-refractivity contribution in [1.29, 1.82) is 0 Å². The number of carbonyl (C=O) groups is 1. The fourth-order valence-corrected chi connectivity index (χ4v) is 3.20. The van der Waals surface area contributed by atoms with E-state index in [0.717, 1.165) is 25.1 Å². The van der Waals surface area contributed by atoms with Crippen molar-refractivity contribution in [2.45, 2.75) is 38.8 Å². The molecule has 0 aromatic carbocycles. The number of rotatable bonds is 4. The number of aromatic nitrogens is 1. The summed E-state index contributed by atoms with van der Waals surface area (Å²) in [7, 11) is 0. The summed E-state index contributed by atoms with van der Waals surface area (Å²) in [5, 5.41) is 1.82. The monoisotopic (exact) mass is 269 g/mol. The molecule has 1 aliphatic heterocycles. The van der Waals surface area contributed by atoms with E-state index in [1.54, 1.807) is 4.57 Å². The van der Waals surface area contributed by atoms with Crippen molar-refractivity contribution < 1.29 is 4.79 Å². The van der Waals surface area contributed by atoms with E-state index in [2.05, 4.69) is 0 Å². The maximum atomic E-state index is 12.1. The average molecular weight is 269 g/mol. The van der Waals surface area contributed by atoms with Crippen LogP contribution in [0.15, 0.2) is 10.2 Å². The smallest absolute Gasteiger partial charge is 0.307 e. The number of hydrogen-bond donors (Lipinski definition) is 1. The molecule has 0 saturated carbocycles. The lowest BCUT2D eigenvalue weighted by Gasteiger charge is -2.23. The minimum absolute atomic E-state index is 0.0112. The van der Waals surface area contributed by atoms with E-state index in [1.165, 1.54) is 11.3 Å². The molecular formula is C12H19N3O2S. The third kappa shape index (κ3) is 2.64. The van der Waals surface area contributed by atoms with Crippen molar-refractivity contribution in [1.82, 2.24) is 9.47 Å². The molecule has 1 amide bonds. The van der Waals surface area contributed by atoms with Crippen LogP contribution in [0.25, 0.3) is 0 Å². The molecule has 1 unspecified atom stereocenters. The van der Waals surface area contributed by atoms with Crippen LogP contribution in [0.1, 0.15) is 25.0 Å². The highest BCUT2D eigenvalue weighted by Crippen LogP contribution is 2.17. The fourth-order valence-electron chi connectivity index (χ4n) is 2.43. The van der Waals surface area contributed by atoms with Gasteiger partial charge in [0.25, 0.3) is 0 Å². The molecule has 2 N–H and O–H groups in total. The van der Waals surface area contributed by atoms with Crippen molar-refractivity contribution >= 4 is 17.2 Å². The summed E-state index contributed by atoms with van der Waals surface area (Å²) in [5.74, 6) is 0.112. The number of thiazole rings is 1. The summed E-state index contributed by atoms with van der Waals surface area (Å²) in [6.07, 6.45) is 2.42. The second-order valence-corrected chi connectivity index (χ2v) is 5.48. The highest BCUT2D eigenvalue weighted by atomic mass is 32.1. The van der Waals surface area contributed by atoms with Gasteiger partial charge in [-0.3, -0.25) is 9.59 Å². The molecule has 0 radical (unpaired) electrons. The fraction of sp³-hybridized carbons (Fsp3) is 0.667. The number of likely N-dealkylation sites (tertiary alicyclic amines) is 1. The van der Waals surface area contributed by atoms with E-state index in [0.29, 0.717) is 19.5 Å². The van der Waals surface area contributed by atoms with Gasteiger partial charge in [0.15, 0.2) is 0 Å². The molecule has 100 valence electrons. The topological polar surface area (TPSA) is 68.3 Å². The third-order valence-electron chi connectivity index (χ3n) is 3.50. The third-order valence-corrected chi connectivity index (χ3v) is 4.38. The Morgan fingerprint density at radius 1 is 1.61 bits per heavy atom. The summed E-state index contributed by atoms with van der Waals surface area (Å²) in [5.41, 5.74) is 6.58. The Morgan fingerprint density at radius 3 is 3.00 bits per heavy atom. The molecule has 1 saturated heterocycles. The second kappa shape index (κ2) is 5.67. The minimum atomic E-state index is 0.0112. The van der Waals surface area contributed by atoms with Crippen molar-refractivity contribution in [3.05, 3.63) is 20.7 Å². The van der Waals surface area contributed by atoms with E-state index in [1.807, 2.05) is 17.2 Å². The van der Waals surface area contributed by atoms with E-state index >= 15 is 0 Å². The van der Waals surface area contributed by atoms with Crippen LogP contribution in [0, 0.1) is 6.92 Å². The van der Waals surface area contributed by atoms with Crippen LogP contribution in [-0.2, 0) is 11.3 Å². The molecule has 1 fully saturated rings. The summed E-state index contributed by atoms with van der Waals surface area (Å²) in [6, 6.07) is 0.192. The van der Waals surface area contributed by atoms with Crippen LogP contribution in [0.2, 0.25) is 0 Å².